The molecule has 1 unspecified atom stereocenters. The van der Waals surface area contributed by atoms with Crippen LogP contribution in [0.2, 0.25) is 0 Å². The molecule has 2 heterocycles. The van der Waals surface area contributed by atoms with Crippen molar-refractivity contribution < 1.29 is 18.8 Å². The van der Waals surface area contributed by atoms with Gasteiger partial charge in [-0.2, -0.15) is 0 Å². The molecule has 1 atom stereocenters. The summed E-state index contributed by atoms with van der Waals surface area (Å²) in [7, 11) is 0. The molecule has 0 bridgehead atoms. The number of ether oxygens (including phenoxy) is 2. The summed E-state index contributed by atoms with van der Waals surface area (Å²) in [5.74, 6) is 1.10. The van der Waals surface area contributed by atoms with E-state index in [9.17, 15) is 9.35 Å². The van der Waals surface area contributed by atoms with Gasteiger partial charge in [-0.15, -0.1) is 0 Å². The van der Waals surface area contributed by atoms with E-state index in [0.29, 0.717) is 31.1 Å². The van der Waals surface area contributed by atoms with Crippen LogP contribution in [0.15, 0.2) is 89.7 Å². The largest absolute Gasteiger partial charge is 0.611 e. The van der Waals surface area contributed by atoms with Crippen molar-refractivity contribution in [3.05, 3.63) is 96.1 Å². The molecule has 4 aromatic rings. The average molecular weight is 669 g/mol. The van der Waals surface area contributed by atoms with Crippen molar-refractivity contribution in [3.8, 4) is 16.9 Å². The lowest BCUT2D eigenvalue weighted by atomic mass is 10.00. The van der Waals surface area contributed by atoms with Crippen molar-refractivity contribution in [2.24, 2.45) is 0 Å². The summed E-state index contributed by atoms with van der Waals surface area (Å²) >= 11 is -1.21. The lowest BCUT2D eigenvalue weighted by Crippen LogP contribution is -2.26. The van der Waals surface area contributed by atoms with Gasteiger partial charge in [-0.25, -0.2) is 4.98 Å². The Labute approximate surface area is 288 Å². The van der Waals surface area contributed by atoms with E-state index in [4.69, 9.17) is 9.47 Å². The number of rotatable bonds is 17. The molecule has 0 aliphatic carbocycles. The summed E-state index contributed by atoms with van der Waals surface area (Å²) in [6, 6.07) is 21.9. The van der Waals surface area contributed by atoms with E-state index in [2.05, 4.69) is 70.9 Å². The van der Waals surface area contributed by atoms with Crippen molar-refractivity contribution in [3.63, 3.8) is 0 Å². The van der Waals surface area contributed by atoms with Gasteiger partial charge < -0.3 is 28.8 Å². The van der Waals surface area contributed by atoms with Crippen LogP contribution in [0.3, 0.4) is 0 Å². The molecule has 8 nitrogen and oxygen atoms in total. The monoisotopic (exact) mass is 668 g/mol. The molecule has 1 aliphatic heterocycles. The molecular formula is C39H48N4O4S. The Morgan fingerprint density at radius 2 is 1.69 bits per heavy atom. The molecule has 48 heavy (non-hydrogen) atoms. The third-order valence-electron chi connectivity index (χ3n) is 8.38. The molecule has 0 spiro atoms. The SMILES string of the molecule is CCCCOCCOc1ccc(-c2ccc3c(c2)C=C(C(=O)Nc2ccc([S+]([O-])Cc4cncn4CCC)cc2)CCN3CCC)cc1. The molecule has 0 saturated heterocycles. The van der Waals surface area contributed by atoms with Crippen LogP contribution >= 0.6 is 0 Å². The Morgan fingerprint density at radius 3 is 2.44 bits per heavy atom. The number of benzene rings is 3. The molecule has 9 heteroatoms. The molecule has 0 fully saturated rings. The number of imidazole rings is 1. The summed E-state index contributed by atoms with van der Waals surface area (Å²) in [6.45, 7) is 10.9. The van der Waals surface area contributed by atoms with Crippen LogP contribution in [-0.2, 0) is 33.0 Å². The molecule has 1 aliphatic rings. The Morgan fingerprint density at radius 1 is 0.917 bits per heavy atom. The van der Waals surface area contributed by atoms with Gasteiger partial charge in [-0.05, 0) is 108 Å². The van der Waals surface area contributed by atoms with Gasteiger partial charge in [-0.1, -0.05) is 45.4 Å². The number of hydrogen-bond acceptors (Lipinski definition) is 6. The van der Waals surface area contributed by atoms with Gasteiger partial charge in [0.1, 0.15) is 12.4 Å². The van der Waals surface area contributed by atoms with Crippen LogP contribution in [0.25, 0.3) is 17.2 Å². The van der Waals surface area contributed by atoms with Crippen LogP contribution in [0.5, 0.6) is 5.75 Å². The smallest absolute Gasteiger partial charge is 0.251 e. The first-order valence-electron chi connectivity index (χ1n) is 17.2. The zero-order valence-electron chi connectivity index (χ0n) is 28.5. The average Bonchev–Trinajstić information content (AvgIpc) is 3.45. The number of aromatic nitrogens is 2. The van der Waals surface area contributed by atoms with E-state index in [1.54, 1.807) is 12.5 Å². The lowest BCUT2D eigenvalue weighted by Gasteiger charge is -2.25. The number of amides is 1. The summed E-state index contributed by atoms with van der Waals surface area (Å²) < 4.78 is 26.6. The first-order valence-corrected chi connectivity index (χ1v) is 18.5. The molecule has 0 saturated carbocycles. The minimum atomic E-state index is -1.21. The van der Waals surface area contributed by atoms with Crippen LogP contribution in [0, 0.1) is 0 Å². The van der Waals surface area contributed by atoms with Crippen molar-refractivity contribution in [1.82, 2.24) is 9.55 Å². The lowest BCUT2D eigenvalue weighted by molar-refractivity contribution is -0.112. The first kappa shape index (κ1) is 35.3. The Hall–Kier alpha value is -4.05. The summed E-state index contributed by atoms with van der Waals surface area (Å²) in [6.07, 6.45) is 10.4. The summed E-state index contributed by atoms with van der Waals surface area (Å²) in [4.78, 5) is 20.9. The first-order chi connectivity index (χ1) is 23.5. The van der Waals surface area contributed by atoms with Crippen molar-refractivity contribution in [2.45, 2.75) is 70.1 Å². The maximum absolute atomic E-state index is 13.6. The maximum atomic E-state index is 13.6. The Balaban J connectivity index is 1.26. The van der Waals surface area contributed by atoms with E-state index in [1.165, 1.54) is 0 Å². The van der Waals surface area contributed by atoms with Gasteiger partial charge in [0.2, 0.25) is 0 Å². The minimum absolute atomic E-state index is 0.123. The van der Waals surface area contributed by atoms with E-state index < -0.39 is 11.2 Å². The third kappa shape index (κ3) is 9.52. The molecule has 254 valence electrons. The van der Waals surface area contributed by atoms with Gasteiger partial charge >= 0.3 is 0 Å². The number of nitrogens with zero attached hydrogens (tertiary/aromatic N) is 3. The standard InChI is InChI=1S/C39H48N4O4S/c1-4-7-22-46-23-24-47-36-13-8-30(9-14-36)31-10-17-38-33(25-31)26-32(18-21-42(38)19-5-2)39(44)41-34-11-15-37(16-12-34)48(45)28-35-27-40-29-43(35)20-6-3/h8-17,25-27,29H,4-7,18-24,28H2,1-3H3,(H,41,44). The number of anilines is 2. The van der Waals surface area contributed by atoms with Crippen molar-refractivity contribution in [2.75, 3.05) is 43.1 Å². The maximum Gasteiger partial charge on any atom is 0.251 e. The van der Waals surface area contributed by atoms with Crippen LogP contribution in [0.1, 0.15) is 64.1 Å². The van der Waals surface area contributed by atoms with Gasteiger partial charge in [-0.3, -0.25) is 4.79 Å². The number of nitrogens with one attached hydrogen (secondary N) is 1. The van der Waals surface area contributed by atoms with Crippen LogP contribution < -0.4 is 15.0 Å². The summed E-state index contributed by atoms with van der Waals surface area (Å²) in [5, 5.41) is 3.08. The predicted molar refractivity (Wildman–Crippen MR) is 196 cm³/mol. The number of carbonyl (C=O) groups is 1. The second kappa shape index (κ2) is 17.9. The highest BCUT2D eigenvalue weighted by Gasteiger charge is 2.21. The topological polar surface area (TPSA) is 91.7 Å². The molecule has 3 aromatic carbocycles. The Bertz CT molecular complexity index is 1630. The molecular weight excluding hydrogens is 621 g/mol. The number of unbranched alkanes of at least 4 members (excludes halogenated alkanes) is 1. The second-order valence-electron chi connectivity index (χ2n) is 12.1. The zero-order valence-corrected chi connectivity index (χ0v) is 29.3. The van der Waals surface area contributed by atoms with E-state index in [1.807, 2.05) is 42.5 Å². The van der Waals surface area contributed by atoms with Gasteiger partial charge in [0.05, 0.1) is 24.8 Å². The normalized spacial score (nSPS) is 13.4. The van der Waals surface area contributed by atoms with Gasteiger partial charge in [0.15, 0.2) is 10.6 Å². The van der Waals surface area contributed by atoms with E-state index in [-0.39, 0.29) is 5.91 Å². The van der Waals surface area contributed by atoms with E-state index >= 15 is 0 Å². The van der Waals surface area contributed by atoms with E-state index in [0.717, 1.165) is 96.2 Å². The second-order valence-corrected chi connectivity index (χ2v) is 13.5. The molecule has 1 N–H and O–H groups in total. The predicted octanol–water partition coefficient (Wildman–Crippen LogP) is 8.11. The van der Waals surface area contributed by atoms with Crippen LogP contribution in [-0.4, -0.2) is 52.9 Å². The zero-order chi connectivity index (χ0) is 33.7. The van der Waals surface area contributed by atoms with Gasteiger partial charge in [0, 0.05) is 43.2 Å². The van der Waals surface area contributed by atoms with Crippen molar-refractivity contribution in [1.29, 1.82) is 0 Å². The summed E-state index contributed by atoms with van der Waals surface area (Å²) in [5.41, 5.74) is 6.70. The highest BCUT2D eigenvalue weighted by atomic mass is 32.2. The van der Waals surface area contributed by atoms with Gasteiger partial charge in [0.25, 0.3) is 5.91 Å². The molecule has 5 rings (SSSR count). The van der Waals surface area contributed by atoms with Crippen molar-refractivity contribution >= 4 is 34.5 Å². The highest BCUT2D eigenvalue weighted by molar-refractivity contribution is 7.90. The highest BCUT2D eigenvalue weighted by Crippen LogP contribution is 2.33. The third-order valence-corrected chi connectivity index (χ3v) is 9.73. The fourth-order valence-corrected chi connectivity index (χ4v) is 6.91. The molecule has 0 radical (unpaired) electrons. The molecule has 1 amide bonds. The number of fused-ring (bicyclic) bond motifs is 1. The fraction of sp³-hybridized carbons (Fsp3) is 0.385. The number of hydrogen-bond donors (Lipinski definition) is 1. The Kier molecular flexibility index (Phi) is 13.2. The quantitative estimate of drug-likeness (QED) is 0.0903. The minimum Gasteiger partial charge on any atom is -0.611 e. The number of carbonyl (C=O) groups excluding carboxylic acids is 1. The number of aryl methyl sites for hydroxylation is 1. The van der Waals surface area contributed by atoms with Crippen LogP contribution in [0.4, 0.5) is 11.4 Å². The fourth-order valence-electron chi connectivity index (χ4n) is 5.79. The molecule has 1 aromatic heterocycles.